The summed E-state index contributed by atoms with van der Waals surface area (Å²) in [7, 11) is 0. The van der Waals surface area contributed by atoms with Crippen LogP contribution in [0.25, 0.3) is 0 Å². The van der Waals surface area contributed by atoms with Crippen LogP contribution in [-0.4, -0.2) is 35.9 Å². The van der Waals surface area contributed by atoms with Crippen molar-refractivity contribution in [3.05, 3.63) is 101 Å². The highest BCUT2D eigenvalue weighted by Crippen LogP contribution is 2.31. The predicted molar refractivity (Wildman–Crippen MR) is 150 cm³/mol. The van der Waals surface area contributed by atoms with Gasteiger partial charge in [-0.2, -0.15) is 0 Å². The normalized spacial score (nSPS) is 12.0. The average molecular weight is 501 g/mol. The lowest BCUT2D eigenvalue weighted by molar-refractivity contribution is -0.142. The van der Waals surface area contributed by atoms with E-state index >= 15 is 0 Å². The zero-order valence-corrected chi connectivity index (χ0v) is 22.8. The summed E-state index contributed by atoms with van der Waals surface area (Å²) in [6, 6.07) is 25.0. The Morgan fingerprint density at radius 3 is 2.24 bits per heavy atom. The van der Waals surface area contributed by atoms with Gasteiger partial charge in [0.2, 0.25) is 5.91 Å². The van der Waals surface area contributed by atoms with E-state index in [0.29, 0.717) is 25.3 Å². The van der Waals surface area contributed by atoms with E-state index in [-0.39, 0.29) is 23.8 Å². The van der Waals surface area contributed by atoms with Crippen LogP contribution in [0.1, 0.15) is 56.4 Å². The molecule has 0 saturated heterocycles. The highest BCUT2D eigenvalue weighted by Gasteiger charge is 2.31. The number of nitrogens with one attached hydrogen (secondary N) is 1. The van der Waals surface area contributed by atoms with E-state index in [2.05, 4.69) is 26.1 Å². The molecule has 3 aromatic carbocycles. The molecule has 37 heavy (non-hydrogen) atoms. The molecule has 5 nitrogen and oxygen atoms in total. The summed E-state index contributed by atoms with van der Waals surface area (Å²) in [6.07, 6.45) is 1.24. The lowest BCUT2D eigenvalue weighted by atomic mass is 9.86. The smallest absolute Gasteiger partial charge is 0.261 e. The second kappa shape index (κ2) is 13.1. The molecule has 0 aromatic heterocycles. The summed E-state index contributed by atoms with van der Waals surface area (Å²) >= 11 is 0. The van der Waals surface area contributed by atoms with Crippen LogP contribution in [0.4, 0.5) is 0 Å². The lowest BCUT2D eigenvalue weighted by Gasteiger charge is -2.32. The molecule has 3 rings (SSSR count). The molecular formula is C32H40N2O3. The second-order valence-electron chi connectivity index (χ2n) is 10.5. The first-order chi connectivity index (χ1) is 17.7. The van der Waals surface area contributed by atoms with Gasteiger partial charge in [-0.3, -0.25) is 9.59 Å². The molecule has 196 valence electrons. The Bertz CT molecular complexity index is 1170. The van der Waals surface area contributed by atoms with Gasteiger partial charge in [-0.1, -0.05) is 100 Å². The van der Waals surface area contributed by atoms with E-state index in [1.807, 2.05) is 92.7 Å². The molecule has 0 radical (unpaired) electrons. The number of carbonyl (C=O) groups excluding carboxylic acids is 2. The van der Waals surface area contributed by atoms with Crippen molar-refractivity contribution in [3.63, 3.8) is 0 Å². The molecule has 2 amide bonds. The molecule has 0 bridgehead atoms. The summed E-state index contributed by atoms with van der Waals surface area (Å²) in [5.74, 6) is 0.316. The minimum atomic E-state index is -0.664. The molecule has 0 fully saturated rings. The molecule has 0 spiro atoms. The Morgan fingerprint density at radius 1 is 0.919 bits per heavy atom. The molecule has 1 unspecified atom stereocenters. The van der Waals surface area contributed by atoms with E-state index in [4.69, 9.17) is 4.74 Å². The Kier molecular flexibility index (Phi) is 9.90. The van der Waals surface area contributed by atoms with Gasteiger partial charge in [0, 0.05) is 19.5 Å². The third-order valence-electron chi connectivity index (χ3n) is 6.47. The molecule has 0 saturated carbocycles. The van der Waals surface area contributed by atoms with E-state index < -0.39 is 6.04 Å². The van der Waals surface area contributed by atoms with Crippen molar-refractivity contribution in [1.29, 1.82) is 0 Å². The van der Waals surface area contributed by atoms with Crippen LogP contribution in [0.2, 0.25) is 0 Å². The summed E-state index contributed by atoms with van der Waals surface area (Å²) in [5.41, 5.74) is 3.99. The fourth-order valence-electron chi connectivity index (χ4n) is 4.33. The zero-order valence-electron chi connectivity index (χ0n) is 22.8. The number of nitrogens with zero attached hydrogens (tertiary/aromatic N) is 1. The first-order valence-corrected chi connectivity index (χ1v) is 13.1. The van der Waals surface area contributed by atoms with Crippen molar-refractivity contribution in [2.75, 3.05) is 13.2 Å². The van der Waals surface area contributed by atoms with Crippen LogP contribution in [0, 0.1) is 6.92 Å². The van der Waals surface area contributed by atoms with Crippen molar-refractivity contribution < 1.29 is 14.3 Å². The zero-order chi connectivity index (χ0) is 26.8. The van der Waals surface area contributed by atoms with Crippen LogP contribution < -0.4 is 10.1 Å². The van der Waals surface area contributed by atoms with Gasteiger partial charge in [-0.15, -0.1) is 0 Å². The highest BCUT2D eigenvalue weighted by atomic mass is 16.5. The number of hydrogen-bond donors (Lipinski definition) is 1. The molecule has 0 heterocycles. The van der Waals surface area contributed by atoms with E-state index in [1.54, 1.807) is 4.90 Å². The molecule has 3 aromatic rings. The van der Waals surface area contributed by atoms with E-state index in [1.165, 1.54) is 0 Å². The third kappa shape index (κ3) is 7.94. The fraction of sp³-hybridized carbons (Fsp3) is 0.375. The molecule has 1 atom stereocenters. The van der Waals surface area contributed by atoms with Gasteiger partial charge >= 0.3 is 0 Å². The number of carbonyl (C=O) groups is 2. The molecule has 0 aliphatic carbocycles. The number of ether oxygens (including phenoxy) is 1. The van der Waals surface area contributed by atoms with Crippen molar-refractivity contribution in [2.45, 2.75) is 65.5 Å². The summed E-state index contributed by atoms with van der Waals surface area (Å²) in [6.45, 7) is 11.1. The maximum Gasteiger partial charge on any atom is 0.261 e. The SMILES string of the molecule is CCCNC(=O)C(Cc1ccccc1)N(Cc1ccccc1C)C(=O)COc1ccccc1C(C)(C)C. The molecular weight excluding hydrogens is 460 g/mol. The van der Waals surface area contributed by atoms with E-state index in [0.717, 1.165) is 28.7 Å². The van der Waals surface area contributed by atoms with Crippen LogP contribution >= 0.6 is 0 Å². The fourth-order valence-corrected chi connectivity index (χ4v) is 4.33. The van der Waals surface area contributed by atoms with Gasteiger partial charge in [0.25, 0.3) is 5.91 Å². The summed E-state index contributed by atoms with van der Waals surface area (Å²) in [5, 5.41) is 3.02. The number of hydrogen-bond acceptors (Lipinski definition) is 3. The summed E-state index contributed by atoms with van der Waals surface area (Å²) < 4.78 is 6.11. The highest BCUT2D eigenvalue weighted by molar-refractivity contribution is 5.88. The minimum Gasteiger partial charge on any atom is -0.483 e. The van der Waals surface area contributed by atoms with Crippen molar-refractivity contribution in [3.8, 4) is 5.75 Å². The minimum absolute atomic E-state index is 0.129. The van der Waals surface area contributed by atoms with Gasteiger partial charge in [-0.25, -0.2) is 0 Å². The van der Waals surface area contributed by atoms with Crippen LogP contribution in [0.15, 0.2) is 78.9 Å². The van der Waals surface area contributed by atoms with Gasteiger partial charge in [0.05, 0.1) is 0 Å². The third-order valence-corrected chi connectivity index (χ3v) is 6.47. The second-order valence-corrected chi connectivity index (χ2v) is 10.5. The number of para-hydroxylation sites is 1. The number of benzene rings is 3. The van der Waals surface area contributed by atoms with E-state index in [9.17, 15) is 9.59 Å². The lowest BCUT2D eigenvalue weighted by Crippen LogP contribution is -2.52. The quantitative estimate of drug-likeness (QED) is 0.360. The largest absolute Gasteiger partial charge is 0.483 e. The van der Waals surface area contributed by atoms with Gasteiger partial charge in [-0.05, 0) is 47.1 Å². The first-order valence-electron chi connectivity index (χ1n) is 13.1. The molecule has 1 N–H and O–H groups in total. The van der Waals surface area contributed by atoms with Gasteiger partial charge in [0.15, 0.2) is 6.61 Å². The summed E-state index contributed by atoms with van der Waals surface area (Å²) in [4.78, 5) is 28.9. The molecule has 0 aliphatic heterocycles. The van der Waals surface area contributed by atoms with Crippen molar-refractivity contribution >= 4 is 11.8 Å². The Morgan fingerprint density at radius 2 is 1.57 bits per heavy atom. The topological polar surface area (TPSA) is 58.6 Å². The maximum atomic E-state index is 13.8. The van der Waals surface area contributed by atoms with Gasteiger partial charge < -0.3 is 15.0 Å². The Hall–Kier alpha value is -3.60. The first kappa shape index (κ1) is 28.0. The van der Waals surface area contributed by atoms with Crippen LogP contribution in [-0.2, 0) is 28.0 Å². The predicted octanol–water partition coefficient (Wildman–Crippen LogP) is 5.84. The number of aryl methyl sites for hydroxylation is 1. The van der Waals surface area contributed by atoms with Crippen molar-refractivity contribution in [2.24, 2.45) is 0 Å². The van der Waals surface area contributed by atoms with Crippen LogP contribution in [0.3, 0.4) is 0 Å². The average Bonchev–Trinajstić information content (AvgIpc) is 2.89. The molecule has 5 heteroatoms. The Balaban J connectivity index is 1.94. The van der Waals surface area contributed by atoms with Crippen LogP contribution in [0.5, 0.6) is 5.75 Å². The maximum absolute atomic E-state index is 13.8. The monoisotopic (exact) mass is 500 g/mol. The standard InChI is InChI=1S/C32H40N2O3/c1-6-20-33-31(36)28(21-25-15-8-7-9-16-25)34(22-26-17-11-10-14-24(26)2)30(35)23-37-29-19-13-12-18-27(29)32(3,4)5/h7-19,28H,6,20-23H2,1-5H3,(H,33,36). The van der Waals surface area contributed by atoms with Crippen molar-refractivity contribution in [1.82, 2.24) is 10.2 Å². The Labute approximate surface area is 221 Å². The number of amides is 2. The molecule has 0 aliphatic rings. The number of rotatable bonds is 11. The van der Waals surface area contributed by atoms with Gasteiger partial charge in [0.1, 0.15) is 11.8 Å².